The van der Waals surface area contributed by atoms with Gasteiger partial charge in [0.2, 0.25) is 0 Å². The minimum Gasteiger partial charge on any atom is -0.308 e. The van der Waals surface area contributed by atoms with E-state index in [0.29, 0.717) is 6.54 Å². The molecule has 96 valence electrons. The van der Waals surface area contributed by atoms with E-state index < -0.39 is 0 Å². The van der Waals surface area contributed by atoms with Gasteiger partial charge in [-0.3, -0.25) is 5.10 Å². The molecular formula is C13H15BrFN3. The van der Waals surface area contributed by atoms with E-state index in [9.17, 15) is 4.39 Å². The van der Waals surface area contributed by atoms with Crippen LogP contribution in [-0.4, -0.2) is 10.2 Å². The second kappa shape index (κ2) is 5.63. The second-order valence-electron chi connectivity index (χ2n) is 4.25. The Morgan fingerprint density at radius 2 is 2.11 bits per heavy atom. The van der Waals surface area contributed by atoms with Crippen molar-refractivity contribution in [2.45, 2.75) is 26.9 Å². The van der Waals surface area contributed by atoms with E-state index >= 15 is 0 Å². The normalized spacial score (nSPS) is 10.9. The number of aromatic amines is 1. The predicted octanol–water partition coefficient (Wildman–Crippen LogP) is 3.22. The van der Waals surface area contributed by atoms with Crippen LogP contribution < -0.4 is 5.32 Å². The highest BCUT2D eigenvalue weighted by Gasteiger charge is 2.06. The number of hydrogen-bond donors (Lipinski definition) is 2. The lowest BCUT2D eigenvalue weighted by atomic mass is 10.2. The molecule has 0 aliphatic heterocycles. The molecule has 5 heteroatoms. The third kappa shape index (κ3) is 2.97. The fourth-order valence-electron chi connectivity index (χ4n) is 1.84. The minimum absolute atomic E-state index is 0.217. The molecule has 1 heterocycles. The fraction of sp³-hybridized carbons (Fsp3) is 0.308. The minimum atomic E-state index is -0.217. The molecule has 0 amide bonds. The lowest BCUT2D eigenvalue weighted by molar-refractivity contribution is 0.619. The van der Waals surface area contributed by atoms with Gasteiger partial charge in [0, 0.05) is 28.8 Å². The molecule has 0 aliphatic carbocycles. The van der Waals surface area contributed by atoms with Gasteiger partial charge in [-0.2, -0.15) is 5.10 Å². The van der Waals surface area contributed by atoms with Crippen LogP contribution in [0.25, 0.3) is 0 Å². The Balaban J connectivity index is 1.98. The molecule has 1 aromatic carbocycles. The van der Waals surface area contributed by atoms with E-state index in [1.54, 1.807) is 6.07 Å². The Labute approximate surface area is 114 Å². The van der Waals surface area contributed by atoms with Gasteiger partial charge in [-0.15, -0.1) is 0 Å². The van der Waals surface area contributed by atoms with Crippen LogP contribution in [0.5, 0.6) is 0 Å². The van der Waals surface area contributed by atoms with Gasteiger partial charge in [-0.25, -0.2) is 4.39 Å². The average Bonchev–Trinajstić information content (AvgIpc) is 2.65. The Bertz CT molecular complexity index is 532. The topological polar surface area (TPSA) is 40.7 Å². The van der Waals surface area contributed by atoms with E-state index in [-0.39, 0.29) is 5.82 Å². The number of hydrogen-bond acceptors (Lipinski definition) is 2. The van der Waals surface area contributed by atoms with E-state index in [0.717, 1.165) is 28.0 Å². The molecule has 0 unspecified atom stereocenters. The molecule has 1 aromatic heterocycles. The Kier molecular flexibility index (Phi) is 4.14. The lowest BCUT2D eigenvalue weighted by Crippen LogP contribution is -2.14. The predicted molar refractivity (Wildman–Crippen MR) is 72.7 cm³/mol. The van der Waals surface area contributed by atoms with Crippen LogP contribution in [0.15, 0.2) is 22.7 Å². The summed E-state index contributed by atoms with van der Waals surface area (Å²) in [4.78, 5) is 0. The van der Waals surface area contributed by atoms with E-state index in [1.807, 2.05) is 13.8 Å². The molecule has 2 rings (SSSR count). The highest BCUT2D eigenvalue weighted by Crippen LogP contribution is 2.18. The van der Waals surface area contributed by atoms with Crippen LogP contribution in [0, 0.1) is 19.7 Å². The zero-order valence-electron chi connectivity index (χ0n) is 10.3. The summed E-state index contributed by atoms with van der Waals surface area (Å²) in [6.45, 7) is 5.30. The first-order chi connectivity index (χ1) is 8.58. The summed E-state index contributed by atoms with van der Waals surface area (Å²) >= 11 is 3.41. The summed E-state index contributed by atoms with van der Waals surface area (Å²) in [5.41, 5.74) is 4.15. The number of rotatable bonds is 4. The summed E-state index contributed by atoms with van der Waals surface area (Å²) in [5, 5.41) is 10.4. The van der Waals surface area contributed by atoms with Crippen molar-refractivity contribution in [3.05, 3.63) is 51.0 Å². The number of benzene rings is 1. The molecule has 0 fully saturated rings. The van der Waals surface area contributed by atoms with Gasteiger partial charge in [-0.1, -0.05) is 15.9 Å². The van der Waals surface area contributed by atoms with Gasteiger partial charge in [0.05, 0.1) is 5.69 Å². The number of nitrogens with one attached hydrogen (secondary N) is 2. The highest BCUT2D eigenvalue weighted by molar-refractivity contribution is 9.10. The van der Waals surface area contributed by atoms with Crippen molar-refractivity contribution in [1.29, 1.82) is 0 Å². The first kappa shape index (κ1) is 13.2. The zero-order chi connectivity index (χ0) is 13.1. The van der Waals surface area contributed by atoms with Crippen LogP contribution in [0.2, 0.25) is 0 Å². The summed E-state index contributed by atoms with van der Waals surface area (Å²) in [5.74, 6) is -0.217. The molecule has 0 bridgehead atoms. The van der Waals surface area contributed by atoms with Crippen molar-refractivity contribution >= 4 is 15.9 Å². The summed E-state index contributed by atoms with van der Waals surface area (Å²) in [6, 6.07) is 4.70. The van der Waals surface area contributed by atoms with Crippen LogP contribution in [0.4, 0.5) is 4.39 Å². The van der Waals surface area contributed by atoms with E-state index in [1.165, 1.54) is 17.7 Å². The number of halogens is 2. The van der Waals surface area contributed by atoms with Crippen molar-refractivity contribution in [2.24, 2.45) is 0 Å². The van der Waals surface area contributed by atoms with Crippen LogP contribution in [0.3, 0.4) is 0 Å². The molecule has 0 saturated carbocycles. The van der Waals surface area contributed by atoms with Crippen molar-refractivity contribution in [2.75, 3.05) is 0 Å². The number of nitrogens with zero attached hydrogens (tertiary/aromatic N) is 1. The molecule has 0 saturated heterocycles. The summed E-state index contributed by atoms with van der Waals surface area (Å²) in [6.07, 6.45) is 0. The SMILES string of the molecule is Cc1n[nH]c(C)c1CNCc1cc(F)ccc1Br. The molecule has 3 nitrogen and oxygen atoms in total. The van der Waals surface area contributed by atoms with Gasteiger partial charge in [0.25, 0.3) is 0 Å². The molecular weight excluding hydrogens is 297 g/mol. The number of H-pyrrole nitrogens is 1. The Morgan fingerprint density at radius 3 is 2.78 bits per heavy atom. The van der Waals surface area contributed by atoms with Gasteiger partial charge in [-0.05, 0) is 37.6 Å². The van der Waals surface area contributed by atoms with Crippen LogP contribution in [0.1, 0.15) is 22.5 Å². The number of aromatic nitrogens is 2. The molecule has 0 aliphatic rings. The molecule has 18 heavy (non-hydrogen) atoms. The standard InChI is InChI=1S/C13H15BrFN3/c1-8-12(9(2)18-17-8)7-16-6-10-5-11(15)3-4-13(10)14/h3-5,16H,6-7H2,1-2H3,(H,17,18). The maximum absolute atomic E-state index is 13.1. The Morgan fingerprint density at radius 1 is 1.33 bits per heavy atom. The Hall–Kier alpha value is -1.20. The van der Waals surface area contributed by atoms with Crippen LogP contribution in [-0.2, 0) is 13.1 Å². The first-order valence-corrected chi connectivity index (χ1v) is 6.52. The fourth-order valence-corrected chi connectivity index (χ4v) is 2.22. The monoisotopic (exact) mass is 311 g/mol. The van der Waals surface area contributed by atoms with Gasteiger partial charge in [0.1, 0.15) is 5.82 Å². The quantitative estimate of drug-likeness (QED) is 0.910. The molecule has 0 radical (unpaired) electrons. The maximum atomic E-state index is 13.1. The first-order valence-electron chi connectivity index (χ1n) is 5.73. The van der Waals surface area contributed by atoms with Gasteiger partial charge in [0.15, 0.2) is 0 Å². The maximum Gasteiger partial charge on any atom is 0.123 e. The van der Waals surface area contributed by atoms with Crippen molar-refractivity contribution in [1.82, 2.24) is 15.5 Å². The van der Waals surface area contributed by atoms with Crippen LogP contribution >= 0.6 is 15.9 Å². The highest BCUT2D eigenvalue weighted by atomic mass is 79.9. The van der Waals surface area contributed by atoms with E-state index in [4.69, 9.17) is 0 Å². The van der Waals surface area contributed by atoms with Gasteiger partial charge < -0.3 is 5.32 Å². The second-order valence-corrected chi connectivity index (χ2v) is 5.11. The largest absolute Gasteiger partial charge is 0.308 e. The molecule has 0 spiro atoms. The third-order valence-corrected chi connectivity index (χ3v) is 3.68. The summed E-state index contributed by atoms with van der Waals surface area (Å²) in [7, 11) is 0. The summed E-state index contributed by atoms with van der Waals surface area (Å²) < 4.78 is 14.0. The smallest absolute Gasteiger partial charge is 0.123 e. The number of aryl methyl sites for hydroxylation is 2. The van der Waals surface area contributed by atoms with Crippen molar-refractivity contribution in [3.8, 4) is 0 Å². The van der Waals surface area contributed by atoms with Crippen molar-refractivity contribution < 1.29 is 4.39 Å². The third-order valence-electron chi connectivity index (χ3n) is 2.91. The zero-order valence-corrected chi connectivity index (χ0v) is 11.9. The van der Waals surface area contributed by atoms with Crippen molar-refractivity contribution in [3.63, 3.8) is 0 Å². The molecule has 2 aromatic rings. The molecule has 0 atom stereocenters. The average molecular weight is 312 g/mol. The lowest BCUT2D eigenvalue weighted by Gasteiger charge is -2.07. The van der Waals surface area contributed by atoms with Gasteiger partial charge >= 0.3 is 0 Å². The molecule has 2 N–H and O–H groups in total. The van der Waals surface area contributed by atoms with E-state index in [2.05, 4.69) is 31.4 Å².